The molecule has 0 spiro atoms. The standard InChI is InChI=1S/C20H43NO5/c1-2-3-4-5-6-7-8-9-11-22-13-15-24-17-19-26-20-18-25-16-14-23-12-10-21/h2-21H2,1H3. The summed E-state index contributed by atoms with van der Waals surface area (Å²) in [7, 11) is 0. The molecule has 0 fully saturated rings. The van der Waals surface area contributed by atoms with Gasteiger partial charge in [-0.3, -0.25) is 0 Å². The van der Waals surface area contributed by atoms with E-state index in [0.717, 1.165) is 13.0 Å². The fourth-order valence-corrected chi connectivity index (χ4v) is 2.40. The van der Waals surface area contributed by atoms with E-state index < -0.39 is 0 Å². The Labute approximate surface area is 161 Å². The van der Waals surface area contributed by atoms with Gasteiger partial charge in [0.1, 0.15) is 0 Å². The Kier molecular flexibility index (Phi) is 24.5. The molecule has 2 N–H and O–H groups in total. The van der Waals surface area contributed by atoms with E-state index in [9.17, 15) is 0 Å². The molecule has 0 saturated heterocycles. The maximum absolute atomic E-state index is 5.57. The van der Waals surface area contributed by atoms with Gasteiger partial charge in [0.05, 0.1) is 59.5 Å². The molecule has 0 aliphatic heterocycles. The molecule has 0 rings (SSSR count). The zero-order valence-electron chi connectivity index (χ0n) is 17.1. The molecule has 26 heavy (non-hydrogen) atoms. The molecule has 0 atom stereocenters. The van der Waals surface area contributed by atoms with Crippen molar-refractivity contribution >= 4 is 0 Å². The molecular formula is C20H43NO5. The predicted molar refractivity (Wildman–Crippen MR) is 106 cm³/mol. The molecule has 0 aliphatic rings. The van der Waals surface area contributed by atoms with Crippen molar-refractivity contribution in [1.82, 2.24) is 0 Å². The second kappa shape index (κ2) is 24.8. The van der Waals surface area contributed by atoms with Crippen molar-refractivity contribution in [3.63, 3.8) is 0 Å². The Hall–Kier alpha value is -0.240. The van der Waals surface area contributed by atoms with Crippen LogP contribution in [0, 0.1) is 0 Å². The van der Waals surface area contributed by atoms with Crippen molar-refractivity contribution in [2.75, 3.05) is 72.6 Å². The lowest BCUT2D eigenvalue weighted by atomic mass is 10.1. The highest BCUT2D eigenvalue weighted by Crippen LogP contribution is 2.08. The van der Waals surface area contributed by atoms with Crippen LogP contribution in [0.4, 0.5) is 0 Å². The highest BCUT2D eigenvalue weighted by Gasteiger charge is 1.94. The third-order valence-corrected chi connectivity index (χ3v) is 3.89. The van der Waals surface area contributed by atoms with Gasteiger partial charge in [0.15, 0.2) is 0 Å². The van der Waals surface area contributed by atoms with E-state index in [-0.39, 0.29) is 0 Å². The number of nitrogens with two attached hydrogens (primary N) is 1. The van der Waals surface area contributed by atoms with E-state index in [1.807, 2.05) is 0 Å². The third-order valence-electron chi connectivity index (χ3n) is 3.89. The summed E-state index contributed by atoms with van der Waals surface area (Å²) in [4.78, 5) is 0. The Balaban J connectivity index is 2.95. The number of ether oxygens (including phenoxy) is 5. The van der Waals surface area contributed by atoms with Gasteiger partial charge in [0.25, 0.3) is 0 Å². The van der Waals surface area contributed by atoms with Crippen LogP contribution in [0.5, 0.6) is 0 Å². The Morgan fingerprint density at radius 2 is 0.769 bits per heavy atom. The van der Waals surface area contributed by atoms with Crippen LogP contribution in [0.2, 0.25) is 0 Å². The molecule has 0 heterocycles. The molecule has 0 aliphatic carbocycles. The van der Waals surface area contributed by atoms with Crippen molar-refractivity contribution < 1.29 is 23.7 Å². The van der Waals surface area contributed by atoms with E-state index in [2.05, 4.69) is 6.92 Å². The minimum atomic E-state index is 0.549. The maximum atomic E-state index is 5.57. The molecule has 0 aromatic heterocycles. The van der Waals surface area contributed by atoms with Crippen LogP contribution in [-0.4, -0.2) is 72.6 Å². The average molecular weight is 378 g/mol. The van der Waals surface area contributed by atoms with Crippen LogP contribution in [0.3, 0.4) is 0 Å². The van der Waals surface area contributed by atoms with Gasteiger partial charge in [-0.15, -0.1) is 0 Å². The SMILES string of the molecule is CCCCCCCCCCOCCOCCOCCOCCOCCN. The van der Waals surface area contributed by atoms with Gasteiger partial charge in [-0.05, 0) is 6.42 Å². The third kappa shape index (κ3) is 23.8. The van der Waals surface area contributed by atoms with Gasteiger partial charge in [-0.1, -0.05) is 51.9 Å². The molecule has 0 unspecified atom stereocenters. The lowest BCUT2D eigenvalue weighted by Crippen LogP contribution is -2.14. The molecule has 0 bridgehead atoms. The molecule has 0 amide bonds. The van der Waals surface area contributed by atoms with Crippen LogP contribution in [0.25, 0.3) is 0 Å². The number of hydrogen-bond acceptors (Lipinski definition) is 6. The van der Waals surface area contributed by atoms with E-state index in [1.165, 1.54) is 44.9 Å². The predicted octanol–water partition coefficient (Wildman–Crippen LogP) is 3.17. The fourth-order valence-electron chi connectivity index (χ4n) is 2.40. The normalized spacial score (nSPS) is 11.3. The molecule has 0 radical (unpaired) electrons. The average Bonchev–Trinajstić information content (AvgIpc) is 2.66. The van der Waals surface area contributed by atoms with Crippen LogP contribution >= 0.6 is 0 Å². The van der Waals surface area contributed by atoms with Crippen LogP contribution in [0.15, 0.2) is 0 Å². The lowest BCUT2D eigenvalue weighted by Gasteiger charge is -2.08. The summed E-state index contributed by atoms with van der Waals surface area (Å²) in [6.45, 7) is 9.05. The largest absolute Gasteiger partial charge is 0.379 e. The summed E-state index contributed by atoms with van der Waals surface area (Å²) in [5.41, 5.74) is 5.31. The monoisotopic (exact) mass is 377 g/mol. The fraction of sp³-hybridized carbons (Fsp3) is 1.00. The highest BCUT2D eigenvalue weighted by atomic mass is 16.6. The lowest BCUT2D eigenvalue weighted by molar-refractivity contribution is -0.0107. The molecule has 0 saturated carbocycles. The van der Waals surface area contributed by atoms with E-state index >= 15 is 0 Å². The van der Waals surface area contributed by atoms with Gasteiger partial charge in [-0.2, -0.15) is 0 Å². The summed E-state index contributed by atoms with van der Waals surface area (Å²) in [5.74, 6) is 0. The van der Waals surface area contributed by atoms with Crippen molar-refractivity contribution in [3.05, 3.63) is 0 Å². The number of hydrogen-bond donors (Lipinski definition) is 1. The maximum Gasteiger partial charge on any atom is 0.0701 e. The first-order valence-corrected chi connectivity index (χ1v) is 10.5. The Morgan fingerprint density at radius 3 is 1.19 bits per heavy atom. The van der Waals surface area contributed by atoms with Crippen molar-refractivity contribution in [1.29, 1.82) is 0 Å². The summed E-state index contributed by atoms with van der Waals surface area (Å²) in [5, 5.41) is 0. The smallest absolute Gasteiger partial charge is 0.0701 e. The summed E-state index contributed by atoms with van der Waals surface area (Å²) in [6, 6.07) is 0. The number of rotatable bonds is 23. The van der Waals surface area contributed by atoms with Crippen LogP contribution < -0.4 is 5.73 Å². The quantitative estimate of drug-likeness (QED) is 0.276. The molecule has 6 nitrogen and oxygen atoms in total. The van der Waals surface area contributed by atoms with Gasteiger partial charge in [-0.25, -0.2) is 0 Å². The minimum Gasteiger partial charge on any atom is -0.379 e. The summed E-state index contributed by atoms with van der Waals surface area (Å²) >= 11 is 0. The molecule has 6 heteroatoms. The van der Waals surface area contributed by atoms with Crippen molar-refractivity contribution in [2.24, 2.45) is 5.73 Å². The van der Waals surface area contributed by atoms with Gasteiger partial charge < -0.3 is 29.4 Å². The van der Waals surface area contributed by atoms with E-state index in [1.54, 1.807) is 0 Å². The Bertz CT molecular complexity index is 220. The van der Waals surface area contributed by atoms with Crippen LogP contribution in [0.1, 0.15) is 58.3 Å². The second-order valence-corrected chi connectivity index (χ2v) is 6.33. The second-order valence-electron chi connectivity index (χ2n) is 6.33. The van der Waals surface area contributed by atoms with E-state index in [0.29, 0.717) is 66.0 Å². The van der Waals surface area contributed by atoms with Crippen molar-refractivity contribution in [3.8, 4) is 0 Å². The van der Waals surface area contributed by atoms with Crippen molar-refractivity contribution in [2.45, 2.75) is 58.3 Å². The molecular weight excluding hydrogens is 334 g/mol. The molecule has 0 aromatic carbocycles. The first-order valence-electron chi connectivity index (χ1n) is 10.5. The van der Waals surface area contributed by atoms with E-state index in [4.69, 9.17) is 29.4 Å². The summed E-state index contributed by atoms with van der Waals surface area (Å²) in [6.07, 6.45) is 10.6. The van der Waals surface area contributed by atoms with Gasteiger partial charge >= 0.3 is 0 Å². The first kappa shape index (κ1) is 25.8. The zero-order valence-corrected chi connectivity index (χ0v) is 17.1. The van der Waals surface area contributed by atoms with Crippen LogP contribution in [-0.2, 0) is 23.7 Å². The Morgan fingerprint density at radius 1 is 0.423 bits per heavy atom. The number of unbranched alkanes of at least 4 members (excludes halogenated alkanes) is 7. The first-order chi connectivity index (χ1) is 12.9. The highest BCUT2D eigenvalue weighted by molar-refractivity contribution is 4.46. The topological polar surface area (TPSA) is 72.2 Å². The van der Waals surface area contributed by atoms with Gasteiger partial charge in [0, 0.05) is 13.2 Å². The molecule has 158 valence electrons. The minimum absolute atomic E-state index is 0.549. The summed E-state index contributed by atoms with van der Waals surface area (Å²) < 4.78 is 27.0. The molecule has 0 aromatic rings. The zero-order chi connectivity index (χ0) is 19.0. The van der Waals surface area contributed by atoms with Gasteiger partial charge in [0.2, 0.25) is 0 Å².